The third kappa shape index (κ3) is 3.07. The van der Waals surface area contributed by atoms with Gasteiger partial charge in [0.25, 0.3) is 5.91 Å². The molecule has 1 N–H and O–H groups in total. The van der Waals surface area contributed by atoms with E-state index in [0.717, 1.165) is 23.9 Å². The van der Waals surface area contributed by atoms with Gasteiger partial charge in [0.15, 0.2) is 0 Å². The molecule has 0 heterocycles. The average molecular weight is 298 g/mol. The lowest BCUT2D eigenvalue weighted by Gasteiger charge is -2.34. The van der Waals surface area contributed by atoms with E-state index in [-0.39, 0.29) is 12.0 Å². The topological polar surface area (TPSA) is 40.5 Å². The summed E-state index contributed by atoms with van der Waals surface area (Å²) in [6.45, 7) is 0.728. The van der Waals surface area contributed by atoms with Gasteiger partial charge in [-0.2, -0.15) is 0 Å². The summed E-state index contributed by atoms with van der Waals surface area (Å²) in [6.07, 6.45) is 1.48. The van der Waals surface area contributed by atoms with Gasteiger partial charge >= 0.3 is 0 Å². The molecule has 0 saturated heterocycles. The Morgan fingerprint density at radius 1 is 1.41 bits per heavy atom. The normalized spacial score (nSPS) is 23.0. The van der Waals surface area contributed by atoms with Crippen LogP contribution in [0.15, 0.2) is 28.7 Å². The van der Waals surface area contributed by atoms with Crippen LogP contribution < -0.4 is 0 Å². The van der Waals surface area contributed by atoms with Gasteiger partial charge in [-0.05, 0) is 43.0 Å². The van der Waals surface area contributed by atoms with Crippen molar-refractivity contribution in [2.45, 2.75) is 18.9 Å². The quantitative estimate of drug-likeness (QED) is 0.930. The lowest BCUT2D eigenvalue weighted by Crippen LogP contribution is -2.39. The summed E-state index contributed by atoms with van der Waals surface area (Å²) < 4.78 is 0.971. The van der Waals surface area contributed by atoms with Crippen molar-refractivity contribution in [3.05, 3.63) is 34.3 Å². The van der Waals surface area contributed by atoms with Crippen molar-refractivity contribution in [1.29, 1.82) is 0 Å². The molecule has 4 heteroatoms. The molecule has 0 bridgehead atoms. The van der Waals surface area contributed by atoms with Gasteiger partial charge in [-0.25, -0.2) is 0 Å². The van der Waals surface area contributed by atoms with E-state index in [9.17, 15) is 9.90 Å². The fourth-order valence-electron chi connectivity index (χ4n) is 2.13. The highest BCUT2D eigenvalue weighted by atomic mass is 79.9. The fourth-order valence-corrected chi connectivity index (χ4v) is 2.40. The van der Waals surface area contributed by atoms with Crippen molar-refractivity contribution in [3.63, 3.8) is 0 Å². The predicted molar refractivity (Wildman–Crippen MR) is 69.8 cm³/mol. The minimum atomic E-state index is -0.156. The van der Waals surface area contributed by atoms with Crippen molar-refractivity contribution < 1.29 is 9.90 Å². The van der Waals surface area contributed by atoms with E-state index < -0.39 is 0 Å². The van der Waals surface area contributed by atoms with Crippen LogP contribution >= 0.6 is 15.9 Å². The van der Waals surface area contributed by atoms with E-state index in [1.807, 2.05) is 31.3 Å². The molecule has 1 aliphatic carbocycles. The second-order valence-corrected chi connectivity index (χ2v) is 5.60. The van der Waals surface area contributed by atoms with E-state index in [1.54, 1.807) is 4.90 Å². The summed E-state index contributed by atoms with van der Waals surface area (Å²) in [5.74, 6) is 0.494. The van der Waals surface area contributed by atoms with E-state index in [0.29, 0.717) is 11.5 Å². The molecule has 0 radical (unpaired) electrons. The molecule has 0 aliphatic heterocycles. The molecule has 3 nitrogen and oxygen atoms in total. The van der Waals surface area contributed by atoms with Crippen LogP contribution in [0.1, 0.15) is 23.2 Å². The van der Waals surface area contributed by atoms with Crippen LogP contribution in [0.25, 0.3) is 0 Å². The number of amides is 1. The Morgan fingerprint density at radius 3 is 2.53 bits per heavy atom. The predicted octanol–water partition coefficient (Wildman–Crippen LogP) is 2.29. The van der Waals surface area contributed by atoms with Crippen LogP contribution in [0.4, 0.5) is 0 Å². The van der Waals surface area contributed by atoms with Gasteiger partial charge in [0.2, 0.25) is 0 Å². The molecular formula is C13H16BrNO2. The van der Waals surface area contributed by atoms with Crippen LogP contribution in [0.5, 0.6) is 0 Å². The minimum Gasteiger partial charge on any atom is -0.393 e. The maximum absolute atomic E-state index is 12.1. The number of rotatable bonds is 3. The molecule has 1 amide bonds. The molecule has 1 aromatic rings. The second-order valence-electron chi connectivity index (χ2n) is 4.68. The fraction of sp³-hybridized carbons (Fsp3) is 0.462. The Balaban J connectivity index is 1.92. The number of nitrogens with zero attached hydrogens (tertiary/aromatic N) is 1. The van der Waals surface area contributed by atoms with Gasteiger partial charge < -0.3 is 10.0 Å². The van der Waals surface area contributed by atoms with Crippen LogP contribution in [-0.2, 0) is 0 Å². The maximum atomic E-state index is 12.1. The van der Waals surface area contributed by atoms with Gasteiger partial charge in [-0.3, -0.25) is 4.79 Å². The highest BCUT2D eigenvalue weighted by Gasteiger charge is 2.29. The number of hydrogen-bond acceptors (Lipinski definition) is 2. The van der Waals surface area contributed by atoms with Crippen LogP contribution in [-0.4, -0.2) is 35.6 Å². The third-order valence-electron chi connectivity index (χ3n) is 3.18. The summed E-state index contributed by atoms with van der Waals surface area (Å²) in [5, 5.41) is 9.21. The average Bonchev–Trinajstić information content (AvgIpc) is 2.27. The number of hydrogen-bond donors (Lipinski definition) is 1. The van der Waals surface area contributed by atoms with Gasteiger partial charge in [0.1, 0.15) is 0 Å². The molecule has 2 rings (SSSR count). The van der Waals surface area contributed by atoms with E-state index in [4.69, 9.17) is 0 Å². The summed E-state index contributed by atoms with van der Waals surface area (Å²) in [5.41, 5.74) is 0.704. The van der Waals surface area contributed by atoms with Crippen molar-refractivity contribution >= 4 is 21.8 Å². The molecule has 17 heavy (non-hydrogen) atoms. The summed E-state index contributed by atoms with van der Waals surface area (Å²) >= 11 is 3.35. The van der Waals surface area contributed by atoms with Crippen molar-refractivity contribution in [2.75, 3.05) is 13.6 Å². The molecule has 0 spiro atoms. The maximum Gasteiger partial charge on any atom is 0.253 e. The first-order valence-corrected chi connectivity index (χ1v) is 6.54. The first-order chi connectivity index (χ1) is 8.06. The van der Waals surface area contributed by atoms with Crippen LogP contribution in [0.3, 0.4) is 0 Å². The molecule has 1 aromatic carbocycles. The number of carbonyl (C=O) groups excluding carboxylic acids is 1. The molecule has 92 valence electrons. The number of benzene rings is 1. The third-order valence-corrected chi connectivity index (χ3v) is 3.71. The monoisotopic (exact) mass is 297 g/mol. The van der Waals surface area contributed by atoms with E-state index in [1.165, 1.54) is 0 Å². The first kappa shape index (κ1) is 12.6. The highest BCUT2D eigenvalue weighted by Crippen LogP contribution is 2.27. The van der Waals surface area contributed by atoms with Crippen molar-refractivity contribution in [1.82, 2.24) is 4.90 Å². The Labute approximate surface area is 110 Å². The number of halogens is 1. The zero-order valence-corrected chi connectivity index (χ0v) is 11.4. The largest absolute Gasteiger partial charge is 0.393 e. The highest BCUT2D eigenvalue weighted by molar-refractivity contribution is 9.10. The van der Waals surface area contributed by atoms with Crippen molar-refractivity contribution in [3.8, 4) is 0 Å². The molecule has 0 aromatic heterocycles. The van der Waals surface area contributed by atoms with Gasteiger partial charge in [-0.1, -0.05) is 15.9 Å². The zero-order valence-electron chi connectivity index (χ0n) is 9.77. The molecule has 0 atom stereocenters. The number of carbonyl (C=O) groups is 1. The second kappa shape index (κ2) is 5.19. The Kier molecular flexibility index (Phi) is 3.84. The van der Waals surface area contributed by atoms with E-state index in [2.05, 4.69) is 15.9 Å². The van der Waals surface area contributed by atoms with Crippen LogP contribution in [0, 0.1) is 5.92 Å². The van der Waals surface area contributed by atoms with Crippen molar-refractivity contribution in [2.24, 2.45) is 5.92 Å². The lowest BCUT2D eigenvalue weighted by molar-refractivity contribution is 0.0265. The van der Waals surface area contributed by atoms with Crippen LogP contribution in [0.2, 0.25) is 0 Å². The minimum absolute atomic E-state index is 0.0406. The first-order valence-electron chi connectivity index (χ1n) is 5.75. The van der Waals surface area contributed by atoms with Gasteiger partial charge in [0.05, 0.1) is 6.10 Å². The Morgan fingerprint density at radius 2 is 2.00 bits per heavy atom. The van der Waals surface area contributed by atoms with E-state index >= 15 is 0 Å². The Bertz CT molecular complexity index is 398. The van der Waals surface area contributed by atoms with Gasteiger partial charge in [-0.15, -0.1) is 0 Å². The zero-order chi connectivity index (χ0) is 12.4. The summed E-state index contributed by atoms with van der Waals surface area (Å²) in [4.78, 5) is 13.8. The lowest BCUT2D eigenvalue weighted by atomic mass is 9.82. The molecule has 1 saturated carbocycles. The SMILES string of the molecule is CN(CC1CC(O)C1)C(=O)c1ccc(Br)cc1. The molecular weight excluding hydrogens is 282 g/mol. The standard InChI is InChI=1S/C13H16BrNO2/c1-15(8-9-6-12(16)7-9)13(17)10-2-4-11(14)5-3-10/h2-5,9,12,16H,6-8H2,1H3. The summed E-state index contributed by atoms with van der Waals surface area (Å²) in [6, 6.07) is 7.37. The molecule has 1 fully saturated rings. The number of aliphatic hydroxyl groups is 1. The molecule has 1 aliphatic rings. The number of aliphatic hydroxyl groups excluding tert-OH is 1. The Hall–Kier alpha value is -0.870. The van der Waals surface area contributed by atoms with Gasteiger partial charge in [0, 0.05) is 23.6 Å². The molecule has 0 unspecified atom stereocenters. The summed E-state index contributed by atoms with van der Waals surface area (Å²) in [7, 11) is 1.81. The smallest absolute Gasteiger partial charge is 0.253 e.